The summed E-state index contributed by atoms with van der Waals surface area (Å²) in [5.41, 5.74) is 8.10. The summed E-state index contributed by atoms with van der Waals surface area (Å²) in [6, 6.07) is 2.19. The van der Waals surface area contributed by atoms with Crippen LogP contribution in [0.15, 0.2) is 6.07 Å². The Bertz CT molecular complexity index is 455. The van der Waals surface area contributed by atoms with E-state index in [1.54, 1.807) is 0 Å². The van der Waals surface area contributed by atoms with Crippen LogP contribution in [0, 0.1) is 30.6 Å². The van der Waals surface area contributed by atoms with Gasteiger partial charge in [0, 0.05) is 5.92 Å². The molecule has 0 amide bonds. The molecule has 0 aliphatic heterocycles. The van der Waals surface area contributed by atoms with E-state index in [-0.39, 0.29) is 0 Å². The fourth-order valence-electron chi connectivity index (χ4n) is 5.09. The molecule has 0 saturated heterocycles. The molecule has 1 heterocycles. The van der Waals surface area contributed by atoms with Gasteiger partial charge in [-0.1, -0.05) is 0 Å². The summed E-state index contributed by atoms with van der Waals surface area (Å²) in [5.74, 6) is 5.04. The summed E-state index contributed by atoms with van der Waals surface area (Å²) in [6.45, 7) is 2.05. The molecule has 4 bridgehead atoms. The van der Waals surface area contributed by atoms with E-state index in [1.807, 2.05) is 6.92 Å². The van der Waals surface area contributed by atoms with Crippen LogP contribution in [0.1, 0.15) is 49.3 Å². The molecule has 0 aromatic carbocycles. The van der Waals surface area contributed by atoms with Crippen molar-refractivity contribution in [2.24, 2.45) is 23.7 Å². The van der Waals surface area contributed by atoms with Crippen molar-refractivity contribution in [2.75, 3.05) is 5.73 Å². The average molecular weight is 243 g/mol. The summed E-state index contributed by atoms with van der Waals surface area (Å²) >= 11 is 0. The largest absolute Gasteiger partial charge is 0.382 e. The molecule has 0 atom stereocenters. The van der Waals surface area contributed by atoms with Gasteiger partial charge in [-0.15, -0.1) is 5.10 Å². The normalized spacial score (nSPS) is 41.3. The lowest BCUT2D eigenvalue weighted by Gasteiger charge is -2.54. The van der Waals surface area contributed by atoms with Crippen molar-refractivity contribution in [2.45, 2.75) is 44.9 Å². The SMILES string of the molecule is Cc1cc(C2C3CC4CC(C3)CC2C4)nnc1N. The maximum absolute atomic E-state index is 5.79. The van der Waals surface area contributed by atoms with Gasteiger partial charge >= 0.3 is 0 Å². The minimum atomic E-state index is 0.586. The number of aryl methyl sites for hydroxylation is 1. The maximum atomic E-state index is 5.79. The Balaban J connectivity index is 1.70. The second-order valence-electron chi connectivity index (χ2n) is 6.79. The van der Waals surface area contributed by atoms with Crippen LogP contribution < -0.4 is 5.73 Å². The maximum Gasteiger partial charge on any atom is 0.149 e. The predicted molar refractivity (Wildman–Crippen MR) is 71.0 cm³/mol. The Morgan fingerprint density at radius 1 is 1.00 bits per heavy atom. The number of aromatic nitrogens is 2. The molecule has 0 radical (unpaired) electrons. The number of hydrogen-bond donors (Lipinski definition) is 1. The van der Waals surface area contributed by atoms with E-state index >= 15 is 0 Å². The van der Waals surface area contributed by atoms with Crippen LogP contribution in [-0.2, 0) is 0 Å². The predicted octanol–water partition coefficient (Wildman–Crippen LogP) is 2.91. The second kappa shape index (κ2) is 3.69. The lowest BCUT2D eigenvalue weighted by atomic mass is 9.51. The third-order valence-electron chi connectivity index (χ3n) is 5.61. The smallest absolute Gasteiger partial charge is 0.149 e. The van der Waals surface area contributed by atoms with Crippen LogP contribution in [0.2, 0.25) is 0 Å². The monoisotopic (exact) mass is 243 g/mol. The molecular weight excluding hydrogens is 222 g/mol. The van der Waals surface area contributed by atoms with Crippen molar-refractivity contribution in [1.29, 1.82) is 0 Å². The van der Waals surface area contributed by atoms with Crippen molar-refractivity contribution in [3.8, 4) is 0 Å². The average Bonchev–Trinajstić information content (AvgIpc) is 2.32. The summed E-state index contributed by atoms with van der Waals surface area (Å²) in [7, 11) is 0. The minimum absolute atomic E-state index is 0.586. The summed E-state index contributed by atoms with van der Waals surface area (Å²) in [6.07, 6.45) is 7.24. The highest BCUT2D eigenvalue weighted by molar-refractivity contribution is 5.38. The van der Waals surface area contributed by atoms with Crippen LogP contribution in [0.3, 0.4) is 0 Å². The molecule has 5 rings (SSSR count). The second-order valence-corrected chi connectivity index (χ2v) is 6.79. The zero-order valence-electron chi connectivity index (χ0n) is 11.0. The Morgan fingerprint density at radius 2 is 1.61 bits per heavy atom. The van der Waals surface area contributed by atoms with Crippen molar-refractivity contribution >= 4 is 5.82 Å². The summed E-state index contributed by atoms with van der Waals surface area (Å²) in [5, 5.41) is 8.55. The quantitative estimate of drug-likeness (QED) is 0.825. The third-order valence-corrected chi connectivity index (χ3v) is 5.61. The number of nitrogen functional groups attached to an aromatic ring is 1. The van der Waals surface area contributed by atoms with E-state index in [4.69, 9.17) is 5.73 Å². The third kappa shape index (κ3) is 1.49. The highest BCUT2D eigenvalue weighted by Crippen LogP contribution is 2.59. The first-order valence-corrected chi connectivity index (χ1v) is 7.30. The topological polar surface area (TPSA) is 51.8 Å². The summed E-state index contributed by atoms with van der Waals surface area (Å²) in [4.78, 5) is 0. The van der Waals surface area contributed by atoms with Gasteiger partial charge in [0.05, 0.1) is 5.69 Å². The molecule has 0 spiro atoms. The fourth-order valence-corrected chi connectivity index (χ4v) is 5.09. The van der Waals surface area contributed by atoms with Gasteiger partial charge in [-0.3, -0.25) is 0 Å². The van der Waals surface area contributed by atoms with Gasteiger partial charge in [0.2, 0.25) is 0 Å². The van der Waals surface area contributed by atoms with Crippen molar-refractivity contribution in [3.63, 3.8) is 0 Å². The molecule has 96 valence electrons. The molecule has 4 fully saturated rings. The molecule has 2 N–H and O–H groups in total. The molecule has 1 aromatic rings. The molecule has 4 aliphatic carbocycles. The number of rotatable bonds is 1. The fraction of sp³-hybridized carbons (Fsp3) is 0.733. The van der Waals surface area contributed by atoms with E-state index in [2.05, 4.69) is 16.3 Å². The van der Waals surface area contributed by atoms with Crippen LogP contribution in [-0.4, -0.2) is 10.2 Å². The van der Waals surface area contributed by atoms with Crippen molar-refractivity contribution < 1.29 is 0 Å². The Morgan fingerprint density at radius 3 is 2.17 bits per heavy atom. The van der Waals surface area contributed by atoms with E-state index < -0.39 is 0 Å². The van der Waals surface area contributed by atoms with E-state index in [0.717, 1.165) is 29.2 Å². The molecule has 4 aliphatic rings. The van der Waals surface area contributed by atoms with Gasteiger partial charge in [-0.25, -0.2) is 0 Å². The Kier molecular flexibility index (Phi) is 2.21. The van der Waals surface area contributed by atoms with Gasteiger partial charge in [0.1, 0.15) is 5.82 Å². The van der Waals surface area contributed by atoms with Gasteiger partial charge in [0.15, 0.2) is 0 Å². The molecule has 3 heteroatoms. The summed E-state index contributed by atoms with van der Waals surface area (Å²) < 4.78 is 0. The number of nitrogens with two attached hydrogens (primary N) is 1. The van der Waals surface area contributed by atoms with Crippen LogP contribution in [0.25, 0.3) is 0 Å². The Hall–Kier alpha value is -1.12. The molecule has 4 saturated carbocycles. The highest BCUT2D eigenvalue weighted by atomic mass is 15.1. The van der Waals surface area contributed by atoms with Crippen molar-refractivity contribution in [1.82, 2.24) is 10.2 Å². The first-order chi connectivity index (χ1) is 8.70. The Labute approximate surface area is 108 Å². The molecule has 18 heavy (non-hydrogen) atoms. The van der Waals surface area contributed by atoms with Gasteiger partial charge in [-0.2, -0.15) is 5.10 Å². The first-order valence-electron chi connectivity index (χ1n) is 7.30. The van der Waals surface area contributed by atoms with Crippen molar-refractivity contribution in [3.05, 3.63) is 17.3 Å². The van der Waals surface area contributed by atoms with Crippen LogP contribution in [0.4, 0.5) is 5.82 Å². The number of hydrogen-bond acceptors (Lipinski definition) is 3. The molecule has 1 aromatic heterocycles. The zero-order valence-corrected chi connectivity index (χ0v) is 11.0. The van der Waals surface area contributed by atoms with E-state index in [1.165, 1.54) is 37.8 Å². The van der Waals surface area contributed by atoms with E-state index in [9.17, 15) is 0 Å². The lowest BCUT2D eigenvalue weighted by Crippen LogP contribution is -2.44. The first kappa shape index (κ1) is 10.8. The number of anilines is 1. The van der Waals surface area contributed by atoms with E-state index in [0.29, 0.717) is 11.7 Å². The zero-order chi connectivity index (χ0) is 12.3. The van der Waals surface area contributed by atoms with Gasteiger partial charge in [-0.05, 0) is 74.3 Å². The lowest BCUT2D eigenvalue weighted by molar-refractivity contribution is -0.00443. The molecular formula is C15H21N3. The standard InChI is InChI=1S/C15H21N3/c1-8-2-13(17-18-15(8)16)14-11-4-9-3-10(6-11)7-12(14)5-9/h2,9-12,14H,3-7H2,1H3,(H2,16,18). The highest BCUT2D eigenvalue weighted by Gasteiger charge is 2.49. The molecule has 3 nitrogen and oxygen atoms in total. The van der Waals surface area contributed by atoms with Crippen LogP contribution in [0.5, 0.6) is 0 Å². The van der Waals surface area contributed by atoms with Gasteiger partial charge < -0.3 is 5.73 Å². The van der Waals surface area contributed by atoms with Crippen LogP contribution >= 0.6 is 0 Å². The van der Waals surface area contributed by atoms with Gasteiger partial charge in [0.25, 0.3) is 0 Å². The molecule has 0 unspecified atom stereocenters. The minimum Gasteiger partial charge on any atom is -0.382 e. The number of nitrogens with zero attached hydrogens (tertiary/aromatic N) is 2.